The van der Waals surface area contributed by atoms with E-state index in [1.54, 1.807) is 6.92 Å². The number of anilines is 1. The van der Waals surface area contributed by atoms with Crippen LogP contribution in [0.1, 0.15) is 31.7 Å². The molecule has 1 atom stereocenters. The fraction of sp³-hybridized carbons (Fsp3) is 0.667. The highest BCUT2D eigenvalue weighted by Crippen LogP contribution is 2.22. The number of aryl methyl sites for hydroxylation is 1. The van der Waals surface area contributed by atoms with E-state index in [-0.39, 0.29) is 0 Å². The second-order valence-electron chi connectivity index (χ2n) is 3.64. The van der Waals surface area contributed by atoms with Crippen LogP contribution >= 0.6 is 11.3 Å². The van der Waals surface area contributed by atoms with E-state index < -0.39 is 11.5 Å². The molecule has 1 heterocycles. The zero-order chi connectivity index (χ0) is 11.5. The maximum absolute atomic E-state index is 11.1. The third-order valence-electron chi connectivity index (χ3n) is 2.13. The Kier molecular flexibility index (Phi) is 3.62. The van der Waals surface area contributed by atoms with Crippen molar-refractivity contribution in [1.82, 2.24) is 10.2 Å². The normalized spacial score (nSPS) is 14.6. The average Bonchev–Trinajstić information content (AvgIpc) is 2.51. The first kappa shape index (κ1) is 11.9. The molecule has 6 heteroatoms. The standard InChI is InChI=1S/C9H15N3O2S/c1-4-5-9(3,7(13)14)10-8-12-11-6(2)15-8/h4-5H2,1-3H3,(H,10,12)(H,13,14). The van der Waals surface area contributed by atoms with E-state index in [1.165, 1.54) is 11.3 Å². The Morgan fingerprint density at radius 2 is 2.27 bits per heavy atom. The fourth-order valence-corrected chi connectivity index (χ4v) is 2.03. The summed E-state index contributed by atoms with van der Waals surface area (Å²) in [5.74, 6) is -0.864. The number of aromatic nitrogens is 2. The van der Waals surface area contributed by atoms with Crippen molar-refractivity contribution in [2.75, 3.05) is 5.32 Å². The number of aliphatic carboxylic acids is 1. The third-order valence-corrected chi connectivity index (χ3v) is 2.88. The summed E-state index contributed by atoms with van der Waals surface area (Å²) in [7, 11) is 0. The molecule has 0 aromatic carbocycles. The van der Waals surface area contributed by atoms with Crippen LogP contribution < -0.4 is 5.32 Å². The number of hydrogen-bond donors (Lipinski definition) is 2. The first-order valence-corrected chi connectivity index (χ1v) is 5.61. The van der Waals surface area contributed by atoms with Crippen LogP contribution in [0.5, 0.6) is 0 Å². The highest BCUT2D eigenvalue weighted by atomic mass is 32.1. The SMILES string of the molecule is CCCC(C)(Nc1nnc(C)s1)C(=O)O. The van der Waals surface area contributed by atoms with Gasteiger partial charge in [-0.05, 0) is 20.3 Å². The van der Waals surface area contributed by atoms with Crippen molar-refractivity contribution in [2.24, 2.45) is 0 Å². The molecule has 0 bridgehead atoms. The van der Waals surface area contributed by atoms with Gasteiger partial charge in [-0.3, -0.25) is 0 Å². The fourth-order valence-electron chi connectivity index (χ4n) is 1.31. The Morgan fingerprint density at radius 1 is 1.60 bits per heavy atom. The van der Waals surface area contributed by atoms with Gasteiger partial charge in [-0.1, -0.05) is 24.7 Å². The van der Waals surface area contributed by atoms with E-state index in [0.29, 0.717) is 11.6 Å². The summed E-state index contributed by atoms with van der Waals surface area (Å²) in [5, 5.41) is 21.1. The molecule has 2 N–H and O–H groups in total. The highest BCUT2D eigenvalue weighted by molar-refractivity contribution is 7.15. The van der Waals surface area contributed by atoms with Gasteiger partial charge in [-0.15, -0.1) is 10.2 Å². The smallest absolute Gasteiger partial charge is 0.329 e. The molecule has 1 aromatic rings. The molecular formula is C9H15N3O2S. The van der Waals surface area contributed by atoms with Gasteiger partial charge in [-0.25, -0.2) is 4.79 Å². The molecule has 1 aromatic heterocycles. The third kappa shape index (κ3) is 2.89. The van der Waals surface area contributed by atoms with Crippen LogP contribution in [-0.4, -0.2) is 26.8 Å². The van der Waals surface area contributed by atoms with Crippen LogP contribution in [0.2, 0.25) is 0 Å². The van der Waals surface area contributed by atoms with Crippen molar-refractivity contribution < 1.29 is 9.90 Å². The van der Waals surface area contributed by atoms with E-state index >= 15 is 0 Å². The topological polar surface area (TPSA) is 75.1 Å². The molecule has 5 nitrogen and oxygen atoms in total. The van der Waals surface area contributed by atoms with Crippen molar-refractivity contribution >= 4 is 22.4 Å². The number of hydrogen-bond acceptors (Lipinski definition) is 5. The second kappa shape index (κ2) is 4.57. The quantitative estimate of drug-likeness (QED) is 0.806. The van der Waals surface area contributed by atoms with E-state index in [0.717, 1.165) is 11.4 Å². The summed E-state index contributed by atoms with van der Waals surface area (Å²) < 4.78 is 0. The van der Waals surface area contributed by atoms with E-state index in [9.17, 15) is 4.79 Å². The molecule has 15 heavy (non-hydrogen) atoms. The largest absolute Gasteiger partial charge is 0.480 e. The first-order valence-electron chi connectivity index (χ1n) is 4.79. The lowest BCUT2D eigenvalue weighted by Crippen LogP contribution is -2.43. The Labute approximate surface area is 92.5 Å². The molecule has 0 saturated carbocycles. The van der Waals surface area contributed by atoms with E-state index in [1.807, 2.05) is 13.8 Å². The molecule has 84 valence electrons. The summed E-state index contributed by atoms with van der Waals surface area (Å²) in [6.07, 6.45) is 1.36. The maximum atomic E-state index is 11.1. The number of carboxylic acid groups (broad SMARTS) is 1. The van der Waals surface area contributed by atoms with Crippen molar-refractivity contribution in [3.63, 3.8) is 0 Å². The zero-order valence-electron chi connectivity index (χ0n) is 9.07. The average molecular weight is 229 g/mol. The Morgan fingerprint density at radius 3 is 2.67 bits per heavy atom. The summed E-state index contributed by atoms with van der Waals surface area (Å²) in [5.41, 5.74) is -0.958. The number of carbonyl (C=O) groups is 1. The van der Waals surface area contributed by atoms with Gasteiger partial charge in [0.05, 0.1) is 0 Å². The van der Waals surface area contributed by atoms with E-state index in [4.69, 9.17) is 5.11 Å². The molecule has 0 aliphatic heterocycles. The highest BCUT2D eigenvalue weighted by Gasteiger charge is 2.32. The van der Waals surface area contributed by atoms with Gasteiger partial charge in [0.2, 0.25) is 5.13 Å². The molecular weight excluding hydrogens is 214 g/mol. The number of carboxylic acids is 1. The lowest BCUT2D eigenvalue weighted by atomic mass is 9.97. The monoisotopic (exact) mass is 229 g/mol. The van der Waals surface area contributed by atoms with Crippen LogP contribution in [0.3, 0.4) is 0 Å². The van der Waals surface area contributed by atoms with Crippen LogP contribution in [0, 0.1) is 6.92 Å². The Bertz CT molecular complexity index is 353. The van der Waals surface area contributed by atoms with Crippen LogP contribution in [0.15, 0.2) is 0 Å². The predicted octanol–water partition coefficient (Wildman–Crippen LogP) is 1.90. The van der Waals surface area contributed by atoms with Crippen LogP contribution in [0.4, 0.5) is 5.13 Å². The minimum Gasteiger partial charge on any atom is -0.480 e. The van der Waals surface area contributed by atoms with Crippen molar-refractivity contribution in [3.8, 4) is 0 Å². The molecule has 0 aliphatic carbocycles. The summed E-state index contributed by atoms with van der Waals surface area (Å²) >= 11 is 1.36. The molecule has 0 radical (unpaired) electrons. The lowest BCUT2D eigenvalue weighted by molar-refractivity contribution is -0.141. The molecule has 0 saturated heterocycles. The van der Waals surface area contributed by atoms with Gasteiger partial charge < -0.3 is 10.4 Å². The second-order valence-corrected chi connectivity index (χ2v) is 4.82. The van der Waals surface area contributed by atoms with Gasteiger partial charge in [0.25, 0.3) is 0 Å². The molecule has 1 unspecified atom stereocenters. The summed E-state index contributed by atoms with van der Waals surface area (Å²) in [4.78, 5) is 11.1. The lowest BCUT2D eigenvalue weighted by Gasteiger charge is -2.24. The zero-order valence-corrected chi connectivity index (χ0v) is 9.89. The minimum atomic E-state index is -0.958. The van der Waals surface area contributed by atoms with Gasteiger partial charge in [0, 0.05) is 0 Å². The molecule has 0 aliphatic rings. The summed E-state index contributed by atoms with van der Waals surface area (Å²) in [6, 6.07) is 0. The number of rotatable bonds is 5. The first-order chi connectivity index (χ1) is 6.98. The van der Waals surface area contributed by atoms with Crippen molar-refractivity contribution in [1.29, 1.82) is 0 Å². The molecule has 1 rings (SSSR count). The van der Waals surface area contributed by atoms with Gasteiger partial charge in [0.15, 0.2) is 0 Å². The van der Waals surface area contributed by atoms with Crippen LogP contribution in [-0.2, 0) is 4.79 Å². The predicted molar refractivity (Wildman–Crippen MR) is 59.2 cm³/mol. The van der Waals surface area contributed by atoms with Gasteiger partial charge >= 0.3 is 5.97 Å². The minimum absolute atomic E-state index is 0.557. The Hall–Kier alpha value is -1.17. The molecule has 0 spiro atoms. The summed E-state index contributed by atoms with van der Waals surface area (Å²) in [6.45, 7) is 5.45. The van der Waals surface area contributed by atoms with E-state index in [2.05, 4.69) is 15.5 Å². The molecule has 0 amide bonds. The molecule has 0 fully saturated rings. The van der Waals surface area contributed by atoms with Gasteiger partial charge in [-0.2, -0.15) is 0 Å². The van der Waals surface area contributed by atoms with Crippen molar-refractivity contribution in [2.45, 2.75) is 39.2 Å². The van der Waals surface area contributed by atoms with Gasteiger partial charge in [0.1, 0.15) is 10.5 Å². The number of nitrogens with one attached hydrogen (secondary N) is 1. The number of nitrogens with zero attached hydrogens (tertiary/aromatic N) is 2. The van der Waals surface area contributed by atoms with Crippen molar-refractivity contribution in [3.05, 3.63) is 5.01 Å². The Balaban J connectivity index is 2.79. The maximum Gasteiger partial charge on any atom is 0.329 e. The van der Waals surface area contributed by atoms with Crippen LogP contribution in [0.25, 0.3) is 0 Å².